The second-order valence-corrected chi connectivity index (χ2v) is 7.72. The highest BCUT2D eigenvalue weighted by Gasteiger charge is 2.13. The first-order valence-electron chi connectivity index (χ1n) is 10.4. The molecule has 0 aliphatic heterocycles. The molecule has 166 valence electrons. The van der Waals surface area contributed by atoms with Crippen LogP contribution < -0.4 is 20.1 Å². The van der Waals surface area contributed by atoms with Crippen molar-refractivity contribution in [3.8, 4) is 11.5 Å². The fourth-order valence-corrected chi connectivity index (χ4v) is 3.32. The number of nitrogens with one attached hydrogen (secondary N) is 2. The van der Waals surface area contributed by atoms with Crippen LogP contribution in [-0.2, 0) is 11.4 Å². The molecular formula is C26H28N2O4. The maximum absolute atomic E-state index is 12.8. The van der Waals surface area contributed by atoms with Gasteiger partial charge in [-0.3, -0.25) is 9.59 Å². The van der Waals surface area contributed by atoms with Crippen LogP contribution in [0, 0.1) is 0 Å². The minimum atomic E-state index is -0.247. The summed E-state index contributed by atoms with van der Waals surface area (Å²) in [6.07, 6.45) is 0. The Balaban J connectivity index is 1.74. The number of methoxy groups -OCH3 is 1. The van der Waals surface area contributed by atoms with E-state index in [4.69, 9.17) is 9.47 Å². The Morgan fingerprint density at radius 2 is 1.53 bits per heavy atom. The highest BCUT2D eigenvalue weighted by molar-refractivity contribution is 6.04. The van der Waals surface area contributed by atoms with Gasteiger partial charge in [-0.15, -0.1) is 0 Å². The minimum absolute atomic E-state index is 0.147. The Hall–Kier alpha value is -3.80. The molecular weight excluding hydrogens is 404 g/mol. The monoisotopic (exact) mass is 432 g/mol. The van der Waals surface area contributed by atoms with Gasteiger partial charge in [-0.2, -0.15) is 0 Å². The number of anilines is 2. The molecule has 0 unspecified atom stereocenters. The van der Waals surface area contributed by atoms with Crippen LogP contribution >= 0.6 is 0 Å². The summed E-state index contributed by atoms with van der Waals surface area (Å²) in [5.41, 5.74) is 3.69. The van der Waals surface area contributed by atoms with Crippen LogP contribution in [0.4, 0.5) is 11.4 Å². The Morgan fingerprint density at radius 1 is 0.875 bits per heavy atom. The number of rotatable bonds is 8. The summed E-state index contributed by atoms with van der Waals surface area (Å²) in [4.78, 5) is 23.9. The number of amides is 2. The predicted molar refractivity (Wildman–Crippen MR) is 127 cm³/mol. The summed E-state index contributed by atoms with van der Waals surface area (Å²) in [5, 5.41) is 5.56. The summed E-state index contributed by atoms with van der Waals surface area (Å²) in [7, 11) is 1.59. The van der Waals surface area contributed by atoms with E-state index in [0.717, 1.165) is 16.9 Å². The van der Waals surface area contributed by atoms with Crippen LogP contribution in [0.25, 0.3) is 0 Å². The molecule has 6 nitrogen and oxygen atoms in total. The Bertz CT molecular complexity index is 1090. The van der Waals surface area contributed by atoms with Gasteiger partial charge in [0.1, 0.15) is 18.1 Å². The van der Waals surface area contributed by atoms with Gasteiger partial charge in [-0.1, -0.05) is 32.0 Å². The zero-order valence-electron chi connectivity index (χ0n) is 18.8. The van der Waals surface area contributed by atoms with Crippen molar-refractivity contribution in [3.63, 3.8) is 0 Å². The zero-order valence-corrected chi connectivity index (χ0v) is 18.8. The van der Waals surface area contributed by atoms with Crippen LogP contribution in [0.3, 0.4) is 0 Å². The van der Waals surface area contributed by atoms with Gasteiger partial charge >= 0.3 is 0 Å². The molecule has 0 heterocycles. The third-order valence-electron chi connectivity index (χ3n) is 4.93. The second kappa shape index (κ2) is 10.5. The van der Waals surface area contributed by atoms with Gasteiger partial charge in [-0.05, 0) is 60.0 Å². The van der Waals surface area contributed by atoms with E-state index in [9.17, 15) is 9.59 Å². The van der Waals surface area contributed by atoms with E-state index in [1.165, 1.54) is 6.92 Å². The third-order valence-corrected chi connectivity index (χ3v) is 4.93. The maximum Gasteiger partial charge on any atom is 0.255 e. The lowest BCUT2D eigenvalue weighted by Crippen LogP contribution is -2.13. The average molecular weight is 433 g/mol. The van der Waals surface area contributed by atoms with Gasteiger partial charge in [0.25, 0.3) is 5.91 Å². The lowest BCUT2D eigenvalue weighted by molar-refractivity contribution is -0.114. The van der Waals surface area contributed by atoms with E-state index in [1.807, 2.05) is 18.2 Å². The summed E-state index contributed by atoms with van der Waals surface area (Å²) in [6.45, 7) is 5.97. The molecule has 0 radical (unpaired) electrons. The van der Waals surface area contributed by atoms with Crippen LogP contribution in [0.15, 0.2) is 66.7 Å². The van der Waals surface area contributed by atoms with Gasteiger partial charge in [0.2, 0.25) is 5.91 Å². The number of ether oxygens (including phenoxy) is 2. The van der Waals surface area contributed by atoms with Crippen LogP contribution in [0.1, 0.15) is 48.2 Å². The molecule has 3 aromatic carbocycles. The van der Waals surface area contributed by atoms with E-state index >= 15 is 0 Å². The quantitative estimate of drug-likeness (QED) is 0.485. The standard InChI is InChI=1S/C26H28N2O4/c1-17(2)23-7-5-6-8-25(23)32-16-20-15-19(9-14-24(20)31-4)26(30)28-22-12-10-21(11-13-22)27-18(3)29/h5-15,17H,16H2,1-4H3,(H,27,29)(H,28,30). The largest absolute Gasteiger partial charge is 0.496 e. The second-order valence-electron chi connectivity index (χ2n) is 7.72. The number of carbonyl (C=O) groups excluding carboxylic acids is 2. The number of benzene rings is 3. The molecule has 0 aliphatic carbocycles. The van der Waals surface area contributed by atoms with Gasteiger partial charge < -0.3 is 20.1 Å². The molecule has 0 aliphatic rings. The van der Waals surface area contributed by atoms with Gasteiger partial charge in [0, 0.05) is 29.4 Å². The molecule has 2 amide bonds. The highest BCUT2D eigenvalue weighted by atomic mass is 16.5. The Morgan fingerprint density at radius 3 is 2.16 bits per heavy atom. The summed E-state index contributed by atoms with van der Waals surface area (Å²) < 4.78 is 11.5. The Kier molecular flexibility index (Phi) is 7.49. The maximum atomic E-state index is 12.8. The lowest BCUT2D eigenvalue weighted by atomic mass is 10.0. The SMILES string of the molecule is COc1ccc(C(=O)Nc2ccc(NC(C)=O)cc2)cc1COc1ccccc1C(C)C. The van der Waals surface area contributed by atoms with E-state index in [1.54, 1.807) is 49.6 Å². The first-order valence-corrected chi connectivity index (χ1v) is 10.4. The van der Waals surface area contributed by atoms with Crippen LogP contribution in [-0.4, -0.2) is 18.9 Å². The van der Waals surface area contributed by atoms with Crippen molar-refractivity contribution in [2.24, 2.45) is 0 Å². The molecule has 3 aromatic rings. The Labute approximate surface area is 188 Å². The molecule has 3 rings (SSSR count). The fraction of sp³-hybridized carbons (Fsp3) is 0.231. The normalized spacial score (nSPS) is 10.5. The van der Waals surface area contributed by atoms with E-state index < -0.39 is 0 Å². The van der Waals surface area contributed by atoms with Crippen molar-refractivity contribution in [1.82, 2.24) is 0 Å². The molecule has 32 heavy (non-hydrogen) atoms. The van der Waals surface area contributed by atoms with E-state index in [0.29, 0.717) is 28.6 Å². The summed E-state index contributed by atoms with van der Waals surface area (Å²) >= 11 is 0. The fourth-order valence-electron chi connectivity index (χ4n) is 3.32. The molecule has 2 N–H and O–H groups in total. The number of hydrogen-bond donors (Lipinski definition) is 2. The number of carbonyl (C=O) groups is 2. The van der Waals surface area contributed by atoms with Crippen LogP contribution in [0.2, 0.25) is 0 Å². The summed E-state index contributed by atoms with van der Waals surface area (Å²) in [5.74, 6) is 1.42. The smallest absolute Gasteiger partial charge is 0.255 e. The lowest BCUT2D eigenvalue weighted by Gasteiger charge is -2.16. The van der Waals surface area contributed by atoms with E-state index in [2.05, 4.69) is 30.5 Å². The molecule has 0 atom stereocenters. The molecule has 6 heteroatoms. The number of hydrogen-bond acceptors (Lipinski definition) is 4. The van der Waals surface area contributed by atoms with Crippen molar-refractivity contribution in [3.05, 3.63) is 83.4 Å². The topological polar surface area (TPSA) is 76.7 Å². The average Bonchev–Trinajstić information content (AvgIpc) is 2.78. The molecule has 0 fully saturated rings. The molecule has 0 saturated heterocycles. The number of para-hydroxylation sites is 1. The van der Waals surface area contributed by atoms with Gasteiger partial charge in [0.15, 0.2) is 0 Å². The van der Waals surface area contributed by atoms with Crippen molar-refractivity contribution in [2.75, 3.05) is 17.7 Å². The zero-order chi connectivity index (χ0) is 23.1. The van der Waals surface area contributed by atoms with Crippen molar-refractivity contribution in [2.45, 2.75) is 33.3 Å². The van der Waals surface area contributed by atoms with Crippen molar-refractivity contribution < 1.29 is 19.1 Å². The predicted octanol–water partition coefficient (Wildman–Crippen LogP) is 5.61. The molecule has 0 spiro atoms. The molecule has 0 aromatic heterocycles. The van der Waals surface area contributed by atoms with Crippen molar-refractivity contribution >= 4 is 23.2 Å². The molecule has 0 bridgehead atoms. The first kappa shape index (κ1) is 22.9. The summed E-state index contributed by atoms with van der Waals surface area (Å²) in [6, 6.07) is 20.1. The van der Waals surface area contributed by atoms with Gasteiger partial charge in [-0.25, -0.2) is 0 Å². The molecule has 0 saturated carbocycles. The van der Waals surface area contributed by atoms with Gasteiger partial charge in [0.05, 0.1) is 7.11 Å². The van der Waals surface area contributed by atoms with Crippen molar-refractivity contribution in [1.29, 1.82) is 0 Å². The third kappa shape index (κ3) is 5.88. The van der Waals surface area contributed by atoms with Crippen LogP contribution in [0.5, 0.6) is 11.5 Å². The highest BCUT2D eigenvalue weighted by Crippen LogP contribution is 2.28. The van der Waals surface area contributed by atoms with E-state index in [-0.39, 0.29) is 18.4 Å². The minimum Gasteiger partial charge on any atom is -0.496 e. The first-order chi connectivity index (χ1) is 15.4.